The average molecular weight is 264 g/mol. The van der Waals surface area contributed by atoms with Crippen molar-refractivity contribution in [1.29, 1.82) is 0 Å². The summed E-state index contributed by atoms with van der Waals surface area (Å²) in [4.78, 5) is 23.0. The summed E-state index contributed by atoms with van der Waals surface area (Å²) in [6.07, 6.45) is 0. The predicted octanol–water partition coefficient (Wildman–Crippen LogP) is 1.30. The van der Waals surface area contributed by atoms with Gasteiger partial charge in [-0.05, 0) is 39.0 Å². The Kier molecular flexibility index (Phi) is 4.74. The number of carbonyl (C=O) groups excluding carboxylic acids is 2. The molecule has 5 N–H and O–H groups in total. The van der Waals surface area contributed by atoms with E-state index in [9.17, 15) is 9.59 Å². The molecule has 1 rings (SSSR count). The number of amides is 3. The number of nitrogens with one attached hydrogen (secondary N) is 3. The summed E-state index contributed by atoms with van der Waals surface area (Å²) in [6, 6.07) is 6.35. The molecule has 0 saturated carbocycles. The Morgan fingerprint density at radius 1 is 1.26 bits per heavy atom. The van der Waals surface area contributed by atoms with Crippen LogP contribution in [-0.4, -0.2) is 24.0 Å². The van der Waals surface area contributed by atoms with Crippen LogP contribution in [0.4, 0.5) is 16.2 Å². The Morgan fingerprint density at radius 2 is 1.95 bits per heavy atom. The van der Waals surface area contributed by atoms with Gasteiger partial charge in [0.05, 0.1) is 6.54 Å². The monoisotopic (exact) mass is 264 g/mol. The lowest BCUT2D eigenvalue weighted by Crippen LogP contribution is -2.46. The molecule has 0 aliphatic carbocycles. The van der Waals surface area contributed by atoms with Crippen molar-refractivity contribution in [2.75, 3.05) is 17.6 Å². The number of hydrogen-bond donors (Lipinski definition) is 4. The second kappa shape index (κ2) is 6.08. The number of anilines is 2. The lowest BCUT2D eigenvalue weighted by atomic mass is 10.1. The van der Waals surface area contributed by atoms with Gasteiger partial charge in [-0.3, -0.25) is 4.79 Å². The summed E-state index contributed by atoms with van der Waals surface area (Å²) in [5.41, 5.74) is 6.41. The molecule has 0 saturated heterocycles. The molecule has 6 nitrogen and oxygen atoms in total. The third-order valence-electron chi connectivity index (χ3n) is 2.07. The van der Waals surface area contributed by atoms with Gasteiger partial charge in [0.1, 0.15) is 0 Å². The van der Waals surface area contributed by atoms with Gasteiger partial charge in [-0.15, -0.1) is 0 Å². The zero-order chi connectivity index (χ0) is 14.5. The van der Waals surface area contributed by atoms with Gasteiger partial charge in [-0.25, -0.2) is 4.79 Å². The Balaban J connectivity index is 2.38. The maximum atomic E-state index is 11.6. The first kappa shape index (κ1) is 14.8. The van der Waals surface area contributed by atoms with Crippen molar-refractivity contribution in [1.82, 2.24) is 10.6 Å². The molecule has 0 aromatic heterocycles. The molecule has 0 radical (unpaired) electrons. The van der Waals surface area contributed by atoms with Crippen LogP contribution in [0, 0.1) is 0 Å². The minimum atomic E-state index is -0.449. The molecule has 0 heterocycles. The Hall–Kier alpha value is -2.24. The van der Waals surface area contributed by atoms with Crippen LogP contribution in [0.5, 0.6) is 0 Å². The van der Waals surface area contributed by atoms with Crippen LogP contribution in [0.2, 0.25) is 0 Å². The largest absolute Gasteiger partial charge is 0.399 e. The summed E-state index contributed by atoms with van der Waals surface area (Å²) in [5, 5.41) is 7.81. The quantitative estimate of drug-likeness (QED) is 0.620. The molecule has 104 valence electrons. The summed E-state index contributed by atoms with van der Waals surface area (Å²) in [5.74, 6) is -0.241. The maximum Gasteiger partial charge on any atom is 0.319 e. The van der Waals surface area contributed by atoms with E-state index in [4.69, 9.17) is 5.73 Å². The smallest absolute Gasteiger partial charge is 0.319 e. The molecule has 0 bridgehead atoms. The summed E-state index contributed by atoms with van der Waals surface area (Å²) < 4.78 is 0. The van der Waals surface area contributed by atoms with E-state index in [2.05, 4.69) is 16.0 Å². The van der Waals surface area contributed by atoms with E-state index in [1.54, 1.807) is 24.3 Å². The van der Waals surface area contributed by atoms with E-state index in [0.717, 1.165) is 0 Å². The van der Waals surface area contributed by atoms with Gasteiger partial charge in [0.25, 0.3) is 0 Å². The summed E-state index contributed by atoms with van der Waals surface area (Å²) in [6.45, 7) is 5.54. The van der Waals surface area contributed by atoms with Gasteiger partial charge >= 0.3 is 6.03 Å². The summed E-state index contributed by atoms with van der Waals surface area (Å²) in [7, 11) is 0. The highest BCUT2D eigenvalue weighted by Gasteiger charge is 2.14. The van der Waals surface area contributed by atoms with E-state index < -0.39 is 6.03 Å². The van der Waals surface area contributed by atoms with Gasteiger partial charge in [-0.2, -0.15) is 0 Å². The number of rotatable bonds is 3. The zero-order valence-corrected chi connectivity index (χ0v) is 11.4. The fraction of sp³-hybridized carbons (Fsp3) is 0.385. The third kappa shape index (κ3) is 6.30. The molecular formula is C13H20N4O2. The number of carbonyl (C=O) groups is 2. The minimum absolute atomic E-state index is 0.0780. The lowest BCUT2D eigenvalue weighted by Gasteiger charge is -2.20. The van der Waals surface area contributed by atoms with Crippen molar-refractivity contribution in [3.8, 4) is 0 Å². The molecule has 0 aliphatic rings. The van der Waals surface area contributed by atoms with Crippen LogP contribution in [0.3, 0.4) is 0 Å². The molecule has 19 heavy (non-hydrogen) atoms. The fourth-order valence-corrected chi connectivity index (χ4v) is 1.41. The number of urea groups is 1. The van der Waals surface area contributed by atoms with E-state index in [0.29, 0.717) is 11.4 Å². The molecule has 0 spiro atoms. The number of nitrogen functional groups attached to an aromatic ring is 1. The molecule has 0 fully saturated rings. The van der Waals surface area contributed by atoms with Gasteiger partial charge < -0.3 is 21.7 Å². The van der Waals surface area contributed by atoms with Crippen molar-refractivity contribution < 1.29 is 9.59 Å². The van der Waals surface area contributed by atoms with Gasteiger partial charge in [-0.1, -0.05) is 6.07 Å². The second-order valence-electron chi connectivity index (χ2n) is 5.23. The molecule has 1 aromatic rings. The highest BCUT2D eigenvalue weighted by atomic mass is 16.2. The van der Waals surface area contributed by atoms with Crippen LogP contribution < -0.4 is 21.7 Å². The first-order chi connectivity index (χ1) is 8.76. The minimum Gasteiger partial charge on any atom is -0.399 e. The first-order valence-electron chi connectivity index (χ1n) is 5.98. The molecular weight excluding hydrogens is 244 g/mol. The van der Waals surface area contributed by atoms with Crippen molar-refractivity contribution in [3.63, 3.8) is 0 Å². The standard InChI is InChI=1S/C13H20N4O2/c1-13(2,3)17-11(18)8-15-12(19)16-10-6-4-5-9(14)7-10/h4-7H,8,14H2,1-3H3,(H,17,18)(H2,15,16,19). The first-order valence-corrected chi connectivity index (χ1v) is 5.98. The molecule has 0 aliphatic heterocycles. The van der Waals surface area contributed by atoms with E-state index in [1.165, 1.54) is 0 Å². The van der Waals surface area contributed by atoms with Crippen molar-refractivity contribution in [2.24, 2.45) is 0 Å². The SMILES string of the molecule is CC(C)(C)NC(=O)CNC(=O)Nc1cccc(N)c1. The topological polar surface area (TPSA) is 96.2 Å². The molecule has 1 aromatic carbocycles. The summed E-state index contributed by atoms with van der Waals surface area (Å²) >= 11 is 0. The Labute approximate surface area is 112 Å². The predicted molar refractivity (Wildman–Crippen MR) is 75.8 cm³/mol. The molecule has 0 atom stereocenters. The number of nitrogens with two attached hydrogens (primary N) is 1. The maximum absolute atomic E-state index is 11.6. The van der Waals surface area contributed by atoms with Gasteiger partial charge in [0.15, 0.2) is 0 Å². The highest BCUT2D eigenvalue weighted by molar-refractivity contribution is 5.92. The van der Waals surface area contributed by atoms with Crippen molar-refractivity contribution >= 4 is 23.3 Å². The third-order valence-corrected chi connectivity index (χ3v) is 2.07. The zero-order valence-electron chi connectivity index (χ0n) is 11.4. The molecule has 6 heteroatoms. The van der Waals surface area contributed by atoms with E-state index >= 15 is 0 Å². The van der Waals surface area contributed by atoms with Crippen LogP contribution >= 0.6 is 0 Å². The van der Waals surface area contributed by atoms with Crippen LogP contribution in [0.1, 0.15) is 20.8 Å². The number of benzene rings is 1. The molecule has 3 amide bonds. The van der Waals surface area contributed by atoms with Crippen LogP contribution in [-0.2, 0) is 4.79 Å². The van der Waals surface area contributed by atoms with Crippen LogP contribution in [0.25, 0.3) is 0 Å². The van der Waals surface area contributed by atoms with Gasteiger partial charge in [0, 0.05) is 16.9 Å². The normalized spacial score (nSPS) is 10.7. The van der Waals surface area contributed by atoms with Crippen molar-refractivity contribution in [2.45, 2.75) is 26.3 Å². The van der Waals surface area contributed by atoms with E-state index in [-0.39, 0.29) is 18.0 Å². The average Bonchev–Trinajstić information content (AvgIpc) is 2.24. The van der Waals surface area contributed by atoms with Crippen LogP contribution in [0.15, 0.2) is 24.3 Å². The Bertz CT molecular complexity index is 466. The Morgan fingerprint density at radius 3 is 2.53 bits per heavy atom. The lowest BCUT2D eigenvalue weighted by molar-refractivity contribution is -0.121. The van der Waals surface area contributed by atoms with Crippen molar-refractivity contribution in [3.05, 3.63) is 24.3 Å². The molecule has 0 unspecified atom stereocenters. The fourth-order valence-electron chi connectivity index (χ4n) is 1.41. The van der Waals surface area contributed by atoms with Gasteiger partial charge in [0.2, 0.25) is 5.91 Å². The van der Waals surface area contributed by atoms with E-state index in [1.807, 2.05) is 20.8 Å². The second-order valence-corrected chi connectivity index (χ2v) is 5.23. The number of hydrogen-bond acceptors (Lipinski definition) is 3. The highest BCUT2D eigenvalue weighted by Crippen LogP contribution is 2.11.